The lowest BCUT2D eigenvalue weighted by atomic mass is 9.89. The molecule has 0 aliphatic carbocycles. The minimum absolute atomic E-state index is 0.172. The van der Waals surface area contributed by atoms with Gasteiger partial charge in [0, 0.05) is 36.1 Å². The predicted octanol–water partition coefficient (Wildman–Crippen LogP) is 5.91. The van der Waals surface area contributed by atoms with Gasteiger partial charge >= 0.3 is 6.18 Å². The Kier molecular flexibility index (Phi) is 6.71. The molecule has 2 aliphatic rings. The van der Waals surface area contributed by atoms with Gasteiger partial charge in [-0.15, -0.1) is 11.3 Å². The number of thiazole rings is 1. The SMILES string of the molecule is Cc1nc2[nH]c3c(c2s1)C[C@H](C)N(CC(F)(F)F)[C@H]3c1c(F)cc(NC2CCN2CCCF)cc1F. The Bertz CT molecular complexity index is 1230. The van der Waals surface area contributed by atoms with Crippen LogP contribution in [0.3, 0.4) is 0 Å². The minimum atomic E-state index is -4.55. The van der Waals surface area contributed by atoms with Crippen molar-refractivity contribution in [3.8, 4) is 0 Å². The van der Waals surface area contributed by atoms with E-state index < -0.39 is 48.7 Å². The number of nitrogens with zero attached hydrogens (tertiary/aromatic N) is 3. The fourth-order valence-corrected chi connectivity index (χ4v) is 6.27. The normalized spacial score (nSPS) is 23.2. The van der Waals surface area contributed by atoms with Crippen LogP contribution < -0.4 is 5.32 Å². The number of anilines is 1. The second kappa shape index (κ2) is 9.53. The number of hydrogen-bond donors (Lipinski definition) is 2. The lowest BCUT2D eigenvalue weighted by Gasteiger charge is -2.42. The van der Waals surface area contributed by atoms with Crippen LogP contribution in [-0.2, 0) is 6.42 Å². The molecule has 0 radical (unpaired) electrons. The van der Waals surface area contributed by atoms with Gasteiger partial charge in [-0.2, -0.15) is 13.2 Å². The summed E-state index contributed by atoms with van der Waals surface area (Å²) in [4.78, 5) is 10.6. The summed E-state index contributed by atoms with van der Waals surface area (Å²) in [6, 6.07) is 0.359. The first kappa shape index (κ1) is 25.3. The summed E-state index contributed by atoms with van der Waals surface area (Å²) in [6.07, 6.45) is -3.30. The molecule has 5 rings (SSSR count). The van der Waals surface area contributed by atoms with Gasteiger partial charge in [0.2, 0.25) is 0 Å². The summed E-state index contributed by atoms with van der Waals surface area (Å²) >= 11 is 1.41. The van der Waals surface area contributed by atoms with Crippen LogP contribution in [0.5, 0.6) is 0 Å². The van der Waals surface area contributed by atoms with E-state index in [-0.39, 0.29) is 11.9 Å². The standard InChI is InChI=1S/C24H27F6N5S/c1-12-8-15-20(33-23-22(15)36-13(2)31-23)21(35(12)11-24(28,29)30)19-16(26)9-14(10-17(19)27)32-18-4-7-34(18)6-3-5-25/h9-10,12,18,21,32-33H,3-8,11H2,1-2H3/t12-,18?,21-/m0/s1. The number of benzene rings is 1. The van der Waals surface area contributed by atoms with Crippen LogP contribution in [0, 0.1) is 18.6 Å². The van der Waals surface area contributed by atoms with Crippen LogP contribution >= 0.6 is 11.3 Å². The fourth-order valence-electron chi connectivity index (χ4n) is 5.33. The maximum absolute atomic E-state index is 15.6. The molecule has 2 aliphatic heterocycles. The van der Waals surface area contributed by atoms with Crippen LogP contribution in [-0.4, -0.2) is 64.5 Å². The van der Waals surface area contributed by atoms with Crippen LogP contribution in [0.1, 0.15) is 47.6 Å². The maximum Gasteiger partial charge on any atom is 0.401 e. The third-order valence-corrected chi connectivity index (χ3v) is 8.04. The van der Waals surface area contributed by atoms with Gasteiger partial charge in [-0.05, 0) is 50.8 Å². The summed E-state index contributed by atoms with van der Waals surface area (Å²) in [6.45, 7) is 3.02. The number of rotatable bonds is 7. The second-order valence-electron chi connectivity index (χ2n) is 9.55. The highest BCUT2D eigenvalue weighted by Crippen LogP contribution is 2.45. The molecular weight excluding hydrogens is 504 g/mol. The number of halogens is 6. The number of hydrogen-bond acceptors (Lipinski definition) is 5. The summed E-state index contributed by atoms with van der Waals surface area (Å²) in [5, 5.41) is 3.86. The first-order valence-electron chi connectivity index (χ1n) is 11.9. The molecule has 196 valence electrons. The summed E-state index contributed by atoms with van der Waals surface area (Å²) < 4.78 is 85.1. The molecule has 1 saturated heterocycles. The van der Waals surface area contributed by atoms with E-state index in [1.54, 1.807) is 6.92 Å². The Labute approximate surface area is 208 Å². The molecule has 3 atom stereocenters. The quantitative estimate of drug-likeness (QED) is 0.372. The average molecular weight is 532 g/mol. The van der Waals surface area contributed by atoms with Crippen molar-refractivity contribution in [2.75, 3.05) is 31.6 Å². The lowest BCUT2D eigenvalue weighted by Crippen LogP contribution is -2.52. The van der Waals surface area contributed by atoms with Crippen molar-refractivity contribution < 1.29 is 26.3 Å². The van der Waals surface area contributed by atoms with Gasteiger partial charge in [-0.25, -0.2) is 13.8 Å². The Morgan fingerprint density at radius 2 is 1.94 bits per heavy atom. The largest absolute Gasteiger partial charge is 0.401 e. The Morgan fingerprint density at radius 3 is 2.56 bits per heavy atom. The highest BCUT2D eigenvalue weighted by atomic mass is 32.1. The number of aryl methyl sites for hydroxylation is 1. The highest BCUT2D eigenvalue weighted by molar-refractivity contribution is 7.18. The first-order valence-corrected chi connectivity index (χ1v) is 12.7. The van der Waals surface area contributed by atoms with E-state index in [9.17, 15) is 17.6 Å². The Balaban J connectivity index is 1.53. The maximum atomic E-state index is 15.6. The summed E-state index contributed by atoms with van der Waals surface area (Å²) in [5.74, 6) is -1.85. The van der Waals surface area contributed by atoms with E-state index in [0.29, 0.717) is 30.7 Å². The van der Waals surface area contributed by atoms with E-state index in [1.807, 2.05) is 11.8 Å². The number of fused-ring (bicyclic) bond motifs is 3. The molecule has 2 aromatic heterocycles. The third-order valence-electron chi connectivity index (χ3n) is 7.01. The van der Waals surface area contributed by atoms with E-state index in [2.05, 4.69) is 15.3 Å². The van der Waals surface area contributed by atoms with Gasteiger partial charge < -0.3 is 10.3 Å². The molecule has 1 fully saturated rings. The van der Waals surface area contributed by atoms with Gasteiger partial charge in [-0.1, -0.05) is 0 Å². The molecule has 5 nitrogen and oxygen atoms in total. The Morgan fingerprint density at radius 1 is 1.22 bits per heavy atom. The smallest absolute Gasteiger partial charge is 0.369 e. The molecule has 36 heavy (non-hydrogen) atoms. The molecule has 0 bridgehead atoms. The zero-order valence-electron chi connectivity index (χ0n) is 19.9. The zero-order chi connectivity index (χ0) is 25.8. The number of likely N-dealkylation sites (tertiary alicyclic amines) is 1. The van der Waals surface area contributed by atoms with E-state index in [0.717, 1.165) is 45.3 Å². The van der Waals surface area contributed by atoms with Crippen LogP contribution in [0.25, 0.3) is 10.3 Å². The van der Waals surface area contributed by atoms with Crippen LogP contribution in [0.2, 0.25) is 0 Å². The van der Waals surface area contributed by atoms with E-state index in [4.69, 9.17) is 0 Å². The molecular formula is C24H27F6N5S. The fraction of sp³-hybridized carbons (Fsp3) is 0.542. The second-order valence-corrected chi connectivity index (χ2v) is 10.8. The molecule has 0 amide bonds. The molecule has 12 heteroatoms. The van der Waals surface area contributed by atoms with Gasteiger partial charge in [0.25, 0.3) is 0 Å². The van der Waals surface area contributed by atoms with E-state index >= 15 is 8.78 Å². The number of aromatic nitrogens is 2. The topological polar surface area (TPSA) is 47.2 Å². The monoisotopic (exact) mass is 531 g/mol. The Hall–Kier alpha value is -2.31. The molecule has 1 aromatic carbocycles. The van der Waals surface area contributed by atoms with Crippen LogP contribution in [0.15, 0.2) is 12.1 Å². The third kappa shape index (κ3) is 4.70. The van der Waals surface area contributed by atoms with Gasteiger partial charge in [0.15, 0.2) is 0 Å². The predicted molar refractivity (Wildman–Crippen MR) is 127 cm³/mol. The van der Waals surface area contributed by atoms with Crippen molar-refractivity contribution in [2.45, 2.75) is 57.5 Å². The minimum Gasteiger partial charge on any atom is -0.369 e. The van der Waals surface area contributed by atoms with E-state index in [1.165, 1.54) is 11.3 Å². The van der Waals surface area contributed by atoms with Crippen molar-refractivity contribution in [3.05, 3.63) is 45.6 Å². The van der Waals surface area contributed by atoms with Gasteiger partial charge in [-0.3, -0.25) is 14.2 Å². The van der Waals surface area contributed by atoms with Crippen molar-refractivity contribution in [2.24, 2.45) is 0 Å². The van der Waals surface area contributed by atoms with Crippen LogP contribution in [0.4, 0.5) is 32.0 Å². The van der Waals surface area contributed by atoms with Crippen molar-refractivity contribution in [1.29, 1.82) is 0 Å². The zero-order valence-corrected chi connectivity index (χ0v) is 20.7. The van der Waals surface area contributed by atoms with Crippen molar-refractivity contribution in [1.82, 2.24) is 19.8 Å². The average Bonchev–Trinajstić information content (AvgIpc) is 3.28. The molecule has 0 spiro atoms. The number of H-pyrrole nitrogens is 1. The van der Waals surface area contributed by atoms with Gasteiger partial charge in [0.05, 0.1) is 35.1 Å². The van der Waals surface area contributed by atoms with Crippen molar-refractivity contribution >= 4 is 27.4 Å². The number of alkyl halides is 4. The number of nitrogens with one attached hydrogen (secondary N) is 2. The molecule has 2 N–H and O–H groups in total. The molecule has 3 aromatic rings. The number of aromatic amines is 1. The first-order chi connectivity index (χ1) is 17.1. The molecule has 0 saturated carbocycles. The highest BCUT2D eigenvalue weighted by Gasteiger charge is 2.44. The van der Waals surface area contributed by atoms with Crippen molar-refractivity contribution in [3.63, 3.8) is 0 Å². The summed E-state index contributed by atoms with van der Waals surface area (Å²) in [7, 11) is 0. The molecule has 1 unspecified atom stereocenters. The summed E-state index contributed by atoms with van der Waals surface area (Å²) in [5.41, 5.74) is 1.39. The lowest BCUT2D eigenvalue weighted by molar-refractivity contribution is -0.155. The van der Waals surface area contributed by atoms with Gasteiger partial charge in [0.1, 0.15) is 17.3 Å². The molecule has 4 heterocycles.